The molecule has 0 saturated carbocycles. The van der Waals surface area contributed by atoms with Gasteiger partial charge in [-0.3, -0.25) is 9.59 Å². The Bertz CT molecular complexity index is 523. The number of aliphatic hydroxyl groups is 2. The van der Waals surface area contributed by atoms with Crippen LogP contribution in [-0.4, -0.2) is 58.6 Å². The summed E-state index contributed by atoms with van der Waals surface area (Å²) in [6, 6.07) is 0. The quantitative estimate of drug-likeness (QED) is 0.129. The number of carbonyl (C=O) groups is 3. The molecule has 0 fully saturated rings. The van der Waals surface area contributed by atoms with Crippen LogP contribution in [0.1, 0.15) is 122 Å². The molecule has 2 atom stereocenters. The second kappa shape index (κ2) is 23.1. The highest BCUT2D eigenvalue weighted by Crippen LogP contribution is 2.14. The molecule has 0 spiro atoms. The fourth-order valence-corrected chi connectivity index (χ4v) is 3.62. The first-order valence-corrected chi connectivity index (χ1v) is 13.3. The third-order valence-electron chi connectivity index (χ3n) is 5.75. The summed E-state index contributed by atoms with van der Waals surface area (Å²) in [7, 11) is 0. The molecule has 0 amide bonds. The Morgan fingerprint density at radius 2 is 1.00 bits per heavy atom. The lowest BCUT2D eigenvalue weighted by molar-refractivity contribution is -0.159. The topological polar surface area (TPSA) is 130 Å². The first-order chi connectivity index (χ1) is 16.4. The summed E-state index contributed by atoms with van der Waals surface area (Å²) in [5, 5.41) is 27.2. The summed E-state index contributed by atoms with van der Waals surface area (Å²) in [5.41, 5.74) is 0. The van der Waals surface area contributed by atoms with Gasteiger partial charge in [0.15, 0.2) is 6.10 Å². The highest BCUT2D eigenvalue weighted by atomic mass is 16.6. The van der Waals surface area contributed by atoms with Gasteiger partial charge in [-0.2, -0.15) is 0 Å². The maximum Gasteiger partial charge on any atom is 0.333 e. The Morgan fingerprint density at radius 3 is 1.41 bits per heavy atom. The molecule has 0 bridgehead atoms. The number of esters is 2. The van der Waals surface area contributed by atoms with Gasteiger partial charge in [-0.25, -0.2) is 4.79 Å². The second-order valence-corrected chi connectivity index (χ2v) is 9.13. The van der Waals surface area contributed by atoms with Gasteiger partial charge in [0, 0.05) is 6.42 Å². The van der Waals surface area contributed by atoms with E-state index in [1.165, 1.54) is 83.5 Å². The Balaban J connectivity index is 3.41. The number of hydrogen-bond donors (Lipinski definition) is 3. The summed E-state index contributed by atoms with van der Waals surface area (Å²) in [4.78, 5) is 33.5. The molecule has 0 aliphatic heterocycles. The summed E-state index contributed by atoms with van der Waals surface area (Å²) in [6.45, 7) is 1.52. The van der Waals surface area contributed by atoms with Crippen molar-refractivity contribution < 1.29 is 39.2 Å². The fourth-order valence-electron chi connectivity index (χ4n) is 3.62. The van der Waals surface area contributed by atoms with Gasteiger partial charge in [0.1, 0.15) is 19.3 Å². The molecule has 0 aliphatic carbocycles. The summed E-state index contributed by atoms with van der Waals surface area (Å²) in [6.07, 6.45) is 16.7. The van der Waals surface area contributed by atoms with E-state index < -0.39 is 43.1 Å². The van der Waals surface area contributed by atoms with Crippen molar-refractivity contribution in [1.82, 2.24) is 0 Å². The number of aliphatic carboxylic acids is 1. The predicted molar refractivity (Wildman–Crippen MR) is 130 cm³/mol. The Kier molecular flexibility index (Phi) is 22.0. The molecule has 1 unspecified atom stereocenters. The summed E-state index contributed by atoms with van der Waals surface area (Å²) in [5.74, 6) is -2.88. The average Bonchev–Trinajstić information content (AvgIpc) is 2.81. The number of ether oxygens (including phenoxy) is 2. The van der Waals surface area contributed by atoms with Crippen LogP contribution in [-0.2, 0) is 23.9 Å². The minimum Gasteiger partial charge on any atom is -0.479 e. The Morgan fingerprint density at radius 1 is 0.618 bits per heavy atom. The van der Waals surface area contributed by atoms with Gasteiger partial charge in [-0.15, -0.1) is 0 Å². The lowest BCUT2D eigenvalue weighted by atomic mass is 10.0. The van der Waals surface area contributed by atoms with Crippen LogP contribution < -0.4 is 0 Å². The average molecular weight is 489 g/mol. The highest BCUT2D eigenvalue weighted by molar-refractivity contribution is 5.80. The number of aliphatic hydroxyl groups excluding tert-OH is 2. The van der Waals surface area contributed by atoms with E-state index in [-0.39, 0.29) is 13.0 Å². The molecule has 200 valence electrons. The van der Waals surface area contributed by atoms with Crippen molar-refractivity contribution in [2.75, 3.05) is 13.2 Å². The molecule has 8 nitrogen and oxygen atoms in total. The smallest absolute Gasteiger partial charge is 0.333 e. The minimum atomic E-state index is -1.85. The van der Waals surface area contributed by atoms with Crippen LogP contribution in [0.2, 0.25) is 0 Å². The van der Waals surface area contributed by atoms with E-state index in [0.29, 0.717) is 0 Å². The first-order valence-electron chi connectivity index (χ1n) is 13.3. The number of carbonyl (C=O) groups excluding carboxylic acids is 2. The SMILES string of the molecule is CCCCCCCCCCCCCCCCCCC(=O)OCC(O)COC(=O)C[C@H](O)C(=O)O. The van der Waals surface area contributed by atoms with Gasteiger partial charge in [-0.05, 0) is 6.42 Å². The summed E-state index contributed by atoms with van der Waals surface area (Å²) < 4.78 is 9.60. The predicted octanol–water partition coefficient (Wildman–Crippen LogP) is 4.92. The van der Waals surface area contributed by atoms with Crippen LogP contribution in [0.3, 0.4) is 0 Å². The maximum atomic E-state index is 11.7. The molecular weight excluding hydrogens is 440 g/mol. The molecule has 0 saturated heterocycles. The minimum absolute atomic E-state index is 0.287. The van der Waals surface area contributed by atoms with Gasteiger partial charge in [0.05, 0.1) is 6.42 Å². The standard InChI is InChI=1S/C26H48O8/c1-2-3-4-5-6-7-8-9-10-11-12-13-14-15-16-17-18-24(29)33-20-22(27)21-34-25(30)19-23(28)26(31)32/h22-23,27-28H,2-21H2,1H3,(H,31,32)/t22?,23-/m0/s1. The zero-order chi connectivity index (χ0) is 25.4. The second-order valence-electron chi connectivity index (χ2n) is 9.13. The fraction of sp³-hybridized carbons (Fsp3) is 0.885. The Hall–Kier alpha value is -1.67. The van der Waals surface area contributed by atoms with E-state index in [9.17, 15) is 19.5 Å². The number of hydrogen-bond acceptors (Lipinski definition) is 7. The van der Waals surface area contributed by atoms with Gasteiger partial charge in [-0.1, -0.05) is 103 Å². The monoisotopic (exact) mass is 488 g/mol. The van der Waals surface area contributed by atoms with Crippen LogP contribution >= 0.6 is 0 Å². The lowest BCUT2D eigenvalue weighted by Gasteiger charge is -2.12. The third-order valence-corrected chi connectivity index (χ3v) is 5.75. The largest absolute Gasteiger partial charge is 0.479 e. The third kappa shape index (κ3) is 22.1. The normalized spacial score (nSPS) is 12.8. The molecule has 0 aromatic carbocycles. The number of carboxylic acids is 1. The molecule has 0 heterocycles. The van der Waals surface area contributed by atoms with Crippen LogP contribution in [0, 0.1) is 0 Å². The molecule has 0 rings (SSSR count). The highest BCUT2D eigenvalue weighted by Gasteiger charge is 2.20. The van der Waals surface area contributed by atoms with Crippen LogP contribution in [0.5, 0.6) is 0 Å². The lowest BCUT2D eigenvalue weighted by Crippen LogP contribution is -2.28. The van der Waals surface area contributed by atoms with E-state index in [4.69, 9.17) is 14.9 Å². The molecule has 0 aliphatic rings. The van der Waals surface area contributed by atoms with E-state index in [2.05, 4.69) is 11.7 Å². The van der Waals surface area contributed by atoms with Gasteiger partial charge >= 0.3 is 17.9 Å². The van der Waals surface area contributed by atoms with Gasteiger partial charge in [0.2, 0.25) is 0 Å². The van der Waals surface area contributed by atoms with Crippen molar-refractivity contribution in [3.63, 3.8) is 0 Å². The number of rotatable bonds is 24. The van der Waals surface area contributed by atoms with Crippen LogP contribution in [0.25, 0.3) is 0 Å². The Labute approximate surface area is 205 Å². The van der Waals surface area contributed by atoms with E-state index >= 15 is 0 Å². The summed E-state index contributed by atoms with van der Waals surface area (Å²) >= 11 is 0. The molecule has 0 aromatic rings. The van der Waals surface area contributed by atoms with E-state index in [1.807, 2.05) is 0 Å². The first kappa shape index (κ1) is 32.3. The molecule has 0 aromatic heterocycles. The van der Waals surface area contributed by atoms with Crippen molar-refractivity contribution in [2.45, 2.75) is 135 Å². The van der Waals surface area contributed by atoms with Gasteiger partial charge in [0.25, 0.3) is 0 Å². The molecule has 0 radical (unpaired) electrons. The van der Waals surface area contributed by atoms with Gasteiger partial charge < -0.3 is 24.8 Å². The number of carboxylic acid groups (broad SMARTS) is 1. The molecule has 3 N–H and O–H groups in total. The van der Waals surface area contributed by atoms with Crippen molar-refractivity contribution in [1.29, 1.82) is 0 Å². The van der Waals surface area contributed by atoms with Crippen molar-refractivity contribution in [3.05, 3.63) is 0 Å². The van der Waals surface area contributed by atoms with Crippen molar-refractivity contribution >= 4 is 17.9 Å². The van der Waals surface area contributed by atoms with Crippen LogP contribution in [0.4, 0.5) is 0 Å². The molecular formula is C26H48O8. The van der Waals surface area contributed by atoms with E-state index in [0.717, 1.165) is 19.3 Å². The van der Waals surface area contributed by atoms with E-state index in [1.54, 1.807) is 0 Å². The molecule has 34 heavy (non-hydrogen) atoms. The molecule has 8 heteroatoms. The maximum absolute atomic E-state index is 11.7. The van der Waals surface area contributed by atoms with Crippen LogP contribution in [0.15, 0.2) is 0 Å². The number of unbranched alkanes of at least 4 members (excludes halogenated alkanes) is 15. The van der Waals surface area contributed by atoms with Crippen molar-refractivity contribution in [2.24, 2.45) is 0 Å². The zero-order valence-corrected chi connectivity index (χ0v) is 21.2. The van der Waals surface area contributed by atoms with Crippen molar-refractivity contribution in [3.8, 4) is 0 Å². The zero-order valence-electron chi connectivity index (χ0n) is 21.2.